The molecule has 1 heterocycles. The van der Waals surface area contributed by atoms with Gasteiger partial charge in [-0.05, 0) is 27.7 Å². The Bertz CT molecular complexity index is 521. The Labute approximate surface area is 147 Å². The number of aliphatic hydroxyl groups is 5. The van der Waals surface area contributed by atoms with Crippen LogP contribution in [0.5, 0.6) is 0 Å². The summed E-state index contributed by atoms with van der Waals surface area (Å²) in [4.78, 5) is 13.8. The average Bonchev–Trinajstić information content (AvgIpc) is 2.71. The first-order valence-corrected chi connectivity index (χ1v) is 8.08. The number of likely N-dealkylation sites (N-methyl/N-ethyl adjacent to an activating group) is 1. The van der Waals surface area contributed by atoms with Gasteiger partial charge in [0.25, 0.3) is 5.91 Å². The fourth-order valence-corrected chi connectivity index (χ4v) is 2.99. The molecule has 4 atom stereocenters. The van der Waals surface area contributed by atoms with Crippen molar-refractivity contribution in [2.75, 3.05) is 20.2 Å². The summed E-state index contributed by atoms with van der Waals surface area (Å²) in [5, 5.41) is 58.9. The van der Waals surface area contributed by atoms with E-state index < -0.39 is 48.0 Å². The molecule has 9 nitrogen and oxygen atoms in total. The normalized spacial score (nSPS) is 24.4. The number of aliphatic hydroxyl groups excluding tert-OH is 5. The van der Waals surface area contributed by atoms with Gasteiger partial charge in [0.2, 0.25) is 0 Å². The molecule has 0 aliphatic carbocycles. The smallest absolute Gasteiger partial charge is 0.251 e. The molecule has 0 fully saturated rings. The molecule has 1 aliphatic rings. The van der Waals surface area contributed by atoms with Crippen LogP contribution in [0.3, 0.4) is 0 Å². The number of amides is 1. The molecule has 0 aromatic rings. The number of rotatable bonds is 7. The molecule has 6 N–H and O–H groups in total. The molecule has 25 heavy (non-hydrogen) atoms. The Morgan fingerprint density at radius 1 is 1.12 bits per heavy atom. The highest BCUT2D eigenvalue weighted by molar-refractivity contribution is 5.96. The van der Waals surface area contributed by atoms with E-state index in [1.807, 2.05) is 0 Å². The largest absolute Gasteiger partial charge is 0.394 e. The molecule has 0 saturated heterocycles. The van der Waals surface area contributed by atoms with Crippen molar-refractivity contribution in [1.82, 2.24) is 9.96 Å². The van der Waals surface area contributed by atoms with Crippen molar-refractivity contribution in [2.24, 2.45) is 0 Å². The summed E-state index contributed by atoms with van der Waals surface area (Å²) in [5.74, 6) is -0.446. The van der Waals surface area contributed by atoms with Crippen LogP contribution in [0.1, 0.15) is 27.7 Å². The first-order chi connectivity index (χ1) is 11.3. The number of hydrogen-bond donors (Lipinski definition) is 6. The molecule has 0 spiro atoms. The van der Waals surface area contributed by atoms with Crippen molar-refractivity contribution >= 4 is 5.91 Å². The van der Waals surface area contributed by atoms with Gasteiger partial charge in [-0.3, -0.25) is 4.79 Å². The number of carbonyl (C=O) groups excluding carboxylic acids is 1. The lowest BCUT2D eigenvalue weighted by molar-refractivity contribution is -0.186. The quantitative estimate of drug-likeness (QED) is 0.307. The van der Waals surface area contributed by atoms with Crippen molar-refractivity contribution < 1.29 is 35.5 Å². The third-order valence-corrected chi connectivity index (χ3v) is 4.60. The van der Waals surface area contributed by atoms with Gasteiger partial charge in [0, 0.05) is 19.2 Å². The first-order valence-electron chi connectivity index (χ1n) is 8.08. The van der Waals surface area contributed by atoms with E-state index in [0.717, 1.165) is 9.96 Å². The molecule has 146 valence electrons. The second-order valence-electron chi connectivity index (χ2n) is 7.57. The SMILES string of the molecule is CN(CC(O)C(O)C(O)C(O)CO)C(=O)C1=CC(C)(C)N(O)C1(C)C. The van der Waals surface area contributed by atoms with E-state index >= 15 is 0 Å². The van der Waals surface area contributed by atoms with Crippen LogP contribution in [0.15, 0.2) is 11.6 Å². The topological polar surface area (TPSA) is 145 Å². The van der Waals surface area contributed by atoms with Crippen LogP contribution in [0.25, 0.3) is 0 Å². The van der Waals surface area contributed by atoms with E-state index in [1.165, 1.54) is 7.05 Å². The molecule has 1 rings (SSSR count). The summed E-state index contributed by atoms with van der Waals surface area (Å²) in [6.45, 7) is 5.79. The molecule has 0 aromatic carbocycles. The minimum absolute atomic E-state index is 0.311. The summed E-state index contributed by atoms with van der Waals surface area (Å²) in [7, 11) is 1.41. The zero-order valence-corrected chi connectivity index (χ0v) is 15.3. The van der Waals surface area contributed by atoms with E-state index in [-0.39, 0.29) is 6.54 Å². The Hall–Kier alpha value is -1.07. The third-order valence-electron chi connectivity index (χ3n) is 4.60. The predicted molar refractivity (Wildman–Crippen MR) is 88.6 cm³/mol. The van der Waals surface area contributed by atoms with Gasteiger partial charge in [0.15, 0.2) is 0 Å². The summed E-state index contributed by atoms with van der Waals surface area (Å²) in [5.41, 5.74) is -1.35. The number of carbonyl (C=O) groups is 1. The Morgan fingerprint density at radius 2 is 1.60 bits per heavy atom. The minimum Gasteiger partial charge on any atom is -0.394 e. The van der Waals surface area contributed by atoms with Gasteiger partial charge in [-0.2, -0.15) is 5.06 Å². The van der Waals surface area contributed by atoms with Gasteiger partial charge >= 0.3 is 0 Å². The van der Waals surface area contributed by atoms with Crippen molar-refractivity contribution in [3.63, 3.8) is 0 Å². The maximum absolute atomic E-state index is 12.7. The lowest BCUT2D eigenvalue weighted by atomic mass is 9.95. The van der Waals surface area contributed by atoms with Crippen LogP contribution < -0.4 is 0 Å². The predicted octanol–water partition coefficient (Wildman–Crippen LogP) is -1.93. The molecular formula is C16H30N2O7. The zero-order chi connectivity index (χ0) is 19.7. The highest BCUT2D eigenvalue weighted by Gasteiger charge is 2.48. The van der Waals surface area contributed by atoms with E-state index in [0.29, 0.717) is 5.57 Å². The second kappa shape index (κ2) is 7.67. The molecule has 0 radical (unpaired) electrons. The van der Waals surface area contributed by atoms with Crippen LogP contribution in [0.4, 0.5) is 0 Å². The maximum Gasteiger partial charge on any atom is 0.251 e. The fourth-order valence-electron chi connectivity index (χ4n) is 2.99. The van der Waals surface area contributed by atoms with E-state index in [4.69, 9.17) is 5.11 Å². The third kappa shape index (κ3) is 4.37. The van der Waals surface area contributed by atoms with E-state index in [9.17, 15) is 30.4 Å². The van der Waals surface area contributed by atoms with Gasteiger partial charge in [-0.25, -0.2) is 0 Å². The minimum atomic E-state index is -1.75. The summed E-state index contributed by atoms with van der Waals surface area (Å²) < 4.78 is 0. The maximum atomic E-state index is 12.7. The number of hydrogen-bond acceptors (Lipinski definition) is 8. The van der Waals surface area contributed by atoms with Crippen molar-refractivity contribution in [3.05, 3.63) is 11.6 Å². The highest BCUT2D eigenvalue weighted by Crippen LogP contribution is 2.38. The average molecular weight is 362 g/mol. The Balaban J connectivity index is 2.84. The second-order valence-corrected chi connectivity index (χ2v) is 7.57. The van der Waals surface area contributed by atoms with Crippen LogP contribution in [-0.2, 0) is 4.79 Å². The zero-order valence-electron chi connectivity index (χ0n) is 15.3. The molecule has 1 aliphatic heterocycles. The van der Waals surface area contributed by atoms with Crippen molar-refractivity contribution in [3.8, 4) is 0 Å². The number of hydroxylamine groups is 2. The van der Waals surface area contributed by atoms with Gasteiger partial charge in [-0.15, -0.1) is 0 Å². The monoisotopic (exact) mass is 362 g/mol. The molecule has 1 amide bonds. The fraction of sp³-hybridized carbons (Fsp3) is 0.812. The summed E-state index contributed by atoms with van der Waals surface area (Å²) in [6, 6.07) is 0. The molecule has 4 unspecified atom stereocenters. The Kier molecular flexibility index (Phi) is 6.74. The first kappa shape index (κ1) is 22.0. The Morgan fingerprint density at radius 3 is 2.00 bits per heavy atom. The number of nitrogens with zero attached hydrogens (tertiary/aromatic N) is 2. The van der Waals surface area contributed by atoms with Gasteiger partial charge in [0.05, 0.1) is 17.7 Å². The highest BCUT2D eigenvalue weighted by atomic mass is 16.5. The van der Waals surface area contributed by atoms with Gasteiger partial charge < -0.3 is 35.6 Å². The van der Waals surface area contributed by atoms with Crippen LogP contribution >= 0.6 is 0 Å². The van der Waals surface area contributed by atoms with Gasteiger partial charge in [0.1, 0.15) is 24.4 Å². The lowest BCUT2D eigenvalue weighted by Gasteiger charge is -2.36. The summed E-state index contributed by atoms with van der Waals surface area (Å²) in [6.07, 6.45) is -5.00. The van der Waals surface area contributed by atoms with Crippen molar-refractivity contribution in [2.45, 2.75) is 63.2 Å². The molecule has 9 heteroatoms. The van der Waals surface area contributed by atoms with E-state index in [2.05, 4.69) is 0 Å². The van der Waals surface area contributed by atoms with Crippen LogP contribution in [0.2, 0.25) is 0 Å². The van der Waals surface area contributed by atoms with Crippen LogP contribution in [0, 0.1) is 0 Å². The lowest BCUT2D eigenvalue weighted by Crippen LogP contribution is -2.52. The summed E-state index contributed by atoms with van der Waals surface area (Å²) >= 11 is 0. The van der Waals surface area contributed by atoms with Crippen molar-refractivity contribution in [1.29, 1.82) is 0 Å². The van der Waals surface area contributed by atoms with E-state index in [1.54, 1.807) is 33.8 Å². The molecule has 0 aromatic heterocycles. The van der Waals surface area contributed by atoms with Gasteiger partial charge in [-0.1, -0.05) is 6.08 Å². The molecular weight excluding hydrogens is 332 g/mol. The van der Waals surface area contributed by atoms with Crippen LogP contribution in [-0.4, -0.2) is 102 Å². The standard InChI is InChI=1S/C16H30N2O7/c1-15(2)6-9(16(3,4)18(15)25)14(24)17(5)7-10(20)12(22)13(23)11(21)8-19/h6,10-13,19-23,25H,7-8H2,1-5H3. The molecule has 0 saturated carbocycles. The molecule has 0 bridgehead atoms.